The van der Waals surface area contributed by atoms with E-state index in [2.05, 4.69) is 44.4 Å². The Morgan fingerprint density at radius 2 is 2.11 bits per heavy atom. The first-order valence-corrected chi connectivity index (χ1v) is 9.39. The van der Waals surface area contributed by atoms with E-state index in [1.807, 2.05) is 19.1 Å². The Morgan fingerprint density at radius 3 is 2.96 bits per heavy atom. The summed E-state index contributed by atoms with van der Waals surface area (Å²) < 4.78 is 12.6. The van der Waals surface area contributed by atoms with Crippen molar-refractivity contribution in [1.29, 1.82) is 0 Å². The van der Waals surface area contributed by atoms with E-state index in [9.17, 15) is 4.79 Å². The molecule has 1 amide bonds. The van der Waals surface area contributed by atoms with Gasteiger partial charge in [-0.05, 0) is 43.0 Å². The summed E-state index contributed by atoms with van der Waals surface area (Å²) in [6.07, 6.45) is 5.23. The van der Waals surface area contributed by atoms with Crippen molar-refractivity contribution in [3.05, 3.63) is 60.8 Å². The van der Waals surface area contributed by atoms with Crippen LogP contribution in [0.4, 0.5) is 0 Å². The highest BCUT2D eigenvalue weighted by Crippen LogP contribution is 2.17. The lowest BCUT2D eigenvalue weighted by atomic mass is 10.2. The maximum absolute atomic E-state index is 12.2. The lowest BCUT2D eigenvalue weighted by molar-refractivity contribution is -0.121. The van der Waals surface area contributed by atoms with Gasteiger partial charge in [0.15, 0.2) is 5.76 Å². The zero-order chi connectivity index (χ0) is 19.3. The van der Waals surface area contributed by atoms with Gasteiger partial charge in [-0.2, -0.15) is 4.98 Å². The molecule has 0 fully saturated rings. The van der Waals surface area contributed by atoms with Gasteiger partial charge in [0.2, 0.25) is 17.6 Å². The molecule has 28 heavy (non-hydrogen) atoms. The van der Waals surface area contributed by atoms with Crippen molar-refractivity contribution in [3.8, 4) is 11.6 Å². The summed E-state index contributed by atoms with van der Waals surface area (Å²) >= 11 is 0. The van der Waals surface area contributed by atoms with Crippen LogP contribution in [0.25, 0.3) is 22.5 Å². The Morgan fingerprint density at radius 1 is 1.21 bits per heavy atom. The fourth-order valence-electron chi connectivity index (χ4n) is 3.25. The molecule has 0 aliphatic rings. The molecule has 4 rings (SSSR count). The van der Waals surface area contributed by atoms with E-state index >= 15 is 0 Å². The van der Waals surface area contributed by atoms with Gasteiger partial charge in [-0.25, -0.2) is 0 Å². The Labute approximate surface area is 162 Å². The summed E-state index contributed by atoms with van der Waals surface area (Å²) in [7, 11) is 0. The SMILES string of the molecule is CC(Cn1ccc2ccccc21)NC(=O)CCCc1nc(-c2ccco2)no1. The molecule has 0 radical (unpaired) electrons. The zero-order valence-electron chi connectivity index (χ0n) is 15.7. The largest absolute Gasteiger partial charge is 0.461 e. The minimum absolute atomic E-state index is 0.0229. The number of fused-ring (bicyclic) bond motifs is 1. The van der Waals surface area contributed by atoms with E-state index in [1.165, 1.54) is 10.9 Å². The lowest BCUT2D eigenvalue weighted by Gasteiger charge is -2.15. The molecular weight excluding hydrogens is 356 g/mol. The summed E-state index contributed by atoms with van der Waals surface area (Å²) in [5.41, 5.74) is 1.17. The molecule has 4 aromatic rings. The van der Waals surface area contributed by atoms with E-state index in [-0.39, 0.29) is 11.9 Å². The van der Waals surface area contributed by atoms with Crippen LogP contribution in [-0.4, -0.2) is 26.7 Å². The summed E-state index contributed by atoms with van der Waals surface area (Å²) in [4.78, 5) is 16.5. The Hall–Kier alpha value is -3.35. The number of aryl methyl sites for hydroxylation is 1. The average molecular weight is 378 g/mol. The number of carbonyl (C=O) groups is 1. The van der Waals surface area contributed by atoms with Gasteiger partial charge >= 0.3 is 0 Å². The van der Waals surface area contributed by atoms with Gasteiger partial charge in [-0.1, -0.05) is 23.4 Å². The molecule has 0 saturated carbocycles. The predicted molar refractivity (Wildman–Crippen MR) is 104 cm³/mol. The van der Waals surface area contributed by atoms with Crippen molar-refractivity contribution in [2.24, 2.45) is 0 Å². The minimum Gasteiger partial charge on any atom is -0.461 e. The summed E-state index contributed by atoms with van der Waals surface area (Å²) in [6.45, 7) is 2.75. The second kappa shape index (κ2) is 8.12. The Bertz CT molecular complexity index is 1050. The topological polar surface area (TPSA) is 86.1 Å². The van der Waals surface area contributed by atoms with Crippen LogP contribution in [0, 0.1) is 0 Å². The number of hydrogen-bond acceptors (Lipinski definition) is 5. The highest BCUT2D eigenvalue weighted by Gasteiger charge is 2.13. The third-order valence-corrected chi connectivity index (χ3v) is 4.56. The number of nitrogens with zero attached hydrogens (tertiary/aromatic N) is 3. The van der Waals surface area contributed by atoms with E-state index in [0.29, 0.717) is 36.7 Å². The molecule has 1 atom stereocenters. The quantitative estimate of drug-likeness (QED) is 0.504. The molecule has 0 bridgehead atoms. The number of hydrogen-bond donors (Lipinski definition) is 1. The van der Waals surface area contributed by atoms with E-state index in [4.69, 9.17) is 8.94 Å². The fraction of sp³-hybridized carbons (Fsp3) is 0.286. The number of carbonyl (C=O) groups excluding carboxylic acids is 1. The van der Waals surface area contributed by atoms with Crippen LogP contribution in [0.3, 0.4) is 0 Å². The third-order valence-electron chi connectivity index (χ3n) is 4.56. The van der Waals surface area contributed by atoms with Gasteiger partial charge in [0.05, 0.1) is 6.26 Å². The second-order valence-corrected chi connectivity index (χ2v) is 6.84. The van der Waals surface area contributed by atoms with Crippen molar-refractivity contribution in [1.82, 2.24) is 20.0 Å². The maximum atomic E-state index is 12.2. The Balaban J connectivity index is 1.23. The van der Waals surface area contributed by atoms with Crippen LogP contribution in [0.15, 0.2) is 63.9 Å². The van der Waals surface area contributed by atoms with Crippen LogP contribution < -0.4 is 5.32 Å². The molecular formula is C21H22N4O3. The fourth-order valence-corrected chi connectivity index (χ4v) is 3.25. The predicted octanol–water partition coefficient (Wildman–Crippen LogP) is 3.81. The number of amides is 1. The third kappa shape index (κ3) is 4.14. The number of para-hydroxylation sites is 1. The Kier molecular flexibility index (Phi) is 5.23. The van der Waals surface area contributed by atoms with Gasteiger partial charge in [-0.3, -0.25) is 4.79 Å². The highest BCUT2D eigenvalue weighted by atomic mass is 16.5. The monoisotopic (exact) mass is 378 g/mol. The van der Waals surface area contributed by atoms with Crippen LogP contribution in [0.2, 0.25) is 0 Å². The first-order chi connectivity index (χ1) is 13.7. The highest BCUT2D eigenvalue weighted by molar-refractivity contribution is 5.80. The van der Waals surface area contributed by atoms with Crippen LogP contribution in [0.1, 0.15) is 25.7 Å². The summed E-state index contributed by atoms with van der Waals surface area (Å²) in [5, 5.41) is 8.15. The smallest absolute Gasteiger partial charge is 0.238 e. The molecule has 0 aliphatic heterocycles. The van der Waals surface area contributed by atoms with Crippen LogP contribution in [0.5, 0.6) is 0 Å². The molecule has 144 valence electrons. The molecule has 3 heterocycles. The van der Waals surface area contributed by atoms with Crippen molar-refractivity contribution in [2.75, 3.05) is 0 Å². The van der Waals surface area contributed by atoms with E-state index < -0.39 is 0 Å². The van der Waals surface area contributed by atoms with Crippen molar-refractivity contribution in [2.45, 2.75) is 38.8 Å². The lowest BCUT2D eigenvalue weighted by Crippen LogP contribution is -2.35. The van der Waals surface area contributed by atoms with Gasteiger partial charge in [0, 0.05) is 37.1 Å². The molecule has 0 spiro atoms. The van der Waals surface area contributed by atoms with Gasteiger partial charge < -0.3 is 18.8 Å². The maximum Gasteiger partial charge on any atom is 0.238 e. The molecule has 1 aromatic carbocycles. The standard InChI is InChI=1S/C21H22N4O3/c1-15(14-25-12-11-16-6-2-3-7-17(16)25)22-19(26)9-4-10-20-23-21(24-28-20)18-8-5-13-27-18/h2-3,5-8,11-13,15H,4,9-10,14H2,1H3,(H,22,26). The van der Waals surface area contributed by atoms with E-state index in [0.717, 1.165) is 6.54 Å². The number of benzene rings is 1. The van der Waals surface area contributed by atoms with Gasteiger partial charge in [-0.15, -0.1) is 0 Å². The molecule has 3 aromatic heterocycles. The summed E-state index contributed by atoms with van der Waals surface area (Å²) in [5.74, 6) is 1.52. The molecule has 1 N–H and O–H groups in total. The first-order valence-electron chi connectivity index (χ1n) is 9.39. The summed E-state index contributed by atoms with van der Waals surface area (Å²) in [6, 6.07) is 13.9. The number of aromatic nitrogens is 3. The second-order valence-electron chi connectivity index (χ2n) is 6.84. The average Bonchev–Trinajstić information content (AvgIpc) is 3.42. The van der Waals surface area contributed by atoms with Crippen molar-refractivity contribution < 1.29 is 13.7 Å². The number of rotatable bonds is 8. The van der Waals surface area contributed by atoms with Gasteiger partial charge in [0.25, 0.3) is 0 Å². The van der Waals surface area contributed by atoms with Crippen molar-refractivity contribution in [3.63, 3.8) is 0 Å². The van der Waals surface area contributed by atoms with Crippen molar-refractivity contribution >= 4 is 16.8 Å². The van der Waals surface area contributed by atoms with E-state index in [1.54, 1.807) is 18.4 Å². The minimum atomic E-state index is 0.0229. The molecule has 7 nitrogen and oxygen atoms in total. The molecule has 0 aliphatic carbocycles. The zero-order valence-corrected chi connectivity index (χ0v) is 15.7. The van der Waals surface area contributed by atoms with Crippen LogP contribution in [-0.2, 0) is 17.8 Å². The van der Waals surface area contributed by atoms with Gasteiger partial charge in [0.1, 0.15) is 0 Å². The molecule has 0 saturated heterocycles. The first kappa shape index (κ1) is 18.0. The number of nitrogens with one attached hydrogen (secondary N) is 1. The normalized spacial score (nSPS) is 12.3. The molecule has 7 heteroatoms. The number of furan rings is 1. The molecule has 1 unspecified atom stereocenters. The van der Waals surface area contributed by atoms with Crippen LogP contribution >= 0.6 is 0 Å².